The molecule has 0 aromatic carbocycles. The van der Waals surface area contributed by atoms with Crippen LogP contribution in [0.4, 0.5) is 0 Å². The Kier molecular flexibility index (Phi) is 11.5. The van der Waals surface area contributed by atoms with Crippen LogP contribution in [-0.4, -0.2) is 12.1 Å². The average molecular weight is 553 g/mol. The van der Waals surface area contributed by atoms with E-state index in [0.29, 0.717) is 17.3 Å². The smallest absolute Gasteiger partial charge is 0.306 e. The Hall–Kier alpha value is -1.05. The molecule has 0 spiro atoms. The highest BCUT2D eigenvalue weighted by Crippen LogP contribution is 2.67. The lowest BCUT2D eigenvalue weighted by atomic mass is 9.47. The SMILES string of the molecule is C=CCCCCCCCCC(=O)OC1CC[C@@]2(C)C(=CC[C@H]3[C@@H]4CC[C@H]([C@H](C)CCCC(C)C)[C@@]4(C)CC[C@@H]32)C1. The Morgan fingerprint density at radius 3 is 2.45 bits per heavy atom. The lowest BCUT2D eigenvalue weighted by Gasteiger charge is -2.58. The van der Waals surface area contributed by atoms with Crippen molar-refractivity contribution >= 4 is 5.97 Å². The standard InChI is InChI=1S/C38H64O2/c1-7-8-9-10-11-12-13-14-18-36(39)40-31-23-25-37(5)30(27-31)19-20-32-34-22-21-33(29(4)17-15-16-28(2)3)38(34,6)26-24-35(32)37/h7,19,28-29,31-35H,1,8-18,20-27H2,2-6H3/t29-,31?,32+,33-,34+,35+,37+,38-/m1/s1. The molecule has 40 heavy (non-hydrogen) atoms. The molecule has 3 saturated carbocycles. The van der Waals surface area contributed by atoms with E-state index in [9.17, 15) is 4.79 Å². The van der Waals surface area contributed by atoms with Gasteiger partial charge in [0.05, 0.1) is 0 Å². The van der Waals surface area contributed by atoms with Gasteiger partial charge < -0.3 is 4.74 Å². The van der Waals surface area contributed by atoms with Gasteiger partial charge in [0.1, 0.15) is 6.10 Å². The summed E-state index contributed by atoms with van der Waals surface area (Å²) in [6.07, 6.45) is 28.2. The zero-order chi connectivity index (χ0) is 28.8. The van der Waals surface area contributed by atoms with E-state index in [1.807, 2.05) is 6.08 Å². The molecule has 0 saturated heterocycles. The topological polar surface area (TPSA) is 26.3 Å². The van der Waals surface area contributed by atoms with E-state index >= 15 is 0 Å². The number of allylic oxidation sites excluding steroid dienone is 2. The van der Waals surface area contributed by atoms with E-state index < -0.39 is 0 Å². The molecular formula is C38H64O2. The van der Waals surface area contributed by atoms with Gasteiger partial charge >= 0.3 is 5.97 Å². The fourth-order valence-corrected chi connectivity index (χ4v) is 10.3. The zero-order valence-electron chi connectivity index (χ0n) is 27.2. The number of hydrogen-bond donors (Lipinski definition) is 0. The van der Waals surface area contributed by atoms with Crippen LogP contribution in [-0.2, 0) is 9.53 Å². The Bertz CT molecular complexity index is 856. The minimum absolute atomic E-state index is 0.0440. The predicted molar refractivity (Wildman–Crippen MR) is 170 cm³/mol. The fourth-order valence-electron chi connectivity index (χ4n) is 10.3. The maximum absolute atomic E-state index is 12.6. The molecule has 0 amide bonds. The molecule has 3 fully saturated rings. The van der Waals surface area contributed by atoms with E-state index in [1.165, 1.54) is 83.5 Å². The summed E-state index contributed by atoms with van der Waals surface area (Å²) < 4.78 is 6.06. The summed E-state index contributed by atoms with van der Waals surface area (Å²) in [5.74, 6) is 5.31. The lowest BCUT2D eigenvalue weighted by molar-refractivity contribution is -0.151. The van der Waals surface area contributed by atoms with Crippen molar-refractivity contribution in [1.29, 1.82) is 0 Å². The minimum atomic E-state index is 0.0440. The van der Waals surface area contributed by atoms with Crippen LogP contribution in [0.1, 0.15) is 157 Å². The van der Waals surface area contributed by atoms with Crippen molar-refractivity contribution in [2.75, 3.05) is 0 Å². The molecule has 4 aliphatic carbocycles. The summed E-state index contributed by atoms with van der Waals surface area (Å²) in [6.45, 7) is 16.4. The molecule has 0 heterocycles. The van der Waals surface area contributed by atoms with Crippen LogP contribution in [0.2, 0.25) is 0 Å². The number of fused-ring (bicyclic) bond motifs is 5. The number of carbonyl (C=O) groups excluding carboxylic acids is 1. The monoisotopic (exact) mass is 552 g/mol. The summed E-state index contributed by atoms with van der Waals surface area (Å²) in [7, 11) is 0. The van der Waals surface area contributed by atoms with Crippen molar-refractivity contribution in [2.24, 2.45) is 46.3 Å². The Morgan fingerprint density at radius 1 is 0.950 bits per heavy atom. The maximum Gasteiger partial charge on any atom is 0.306 e. The number of rotatable bonds is 15. The Labute approximate surface area is 248 Å². The first-order chi connectivity index (χ1) is 19.2. The number of ether oxygens (including phenoxy) is 1. The van der Waals surface area contributed by atoms with Crippen molar-refractivity contribution in [3.05, 3.63) is 24.3 Å². The van der Waals surface area contributed by atoms with Gasteiger partial charge in [-0.1, -0.05) is 97.3 Å². The Balaban J connectivity index is 1.26. The summed E-state index contributed by atoms with van der Waals surface area (Å²) in [5, 5.41) is 0. The molecule has 2 heteroatoms. The van der Waals surface area contributed by atoms with Gasteiger partial charge in [0, 0.05) is 12.8 Å². The third-order valence-corrected chi connectivity index (χ3v) is 12.6. The summed E-state index contributed by atoms with van der Waals surface area (Å²) in [4.78, 5) is 12.6. The third kappa shape index (κ3) is 7.29. The second kappa shape index (κ2) is 14.4. The third-order valence-electron chi connectivity index (χ3n) is 12.6. The van der Waals surface area contributed by atoms with Crippen LogP contribution in [0.3, 0.4) is 0 Å². The van der Waals surface area contributed by atoms with Gasteiger partial charge in [0.15, 0.2) is 0 Å². The summed E-state index contributed by atoms with van der Waals surface area (Å²) in [5.41, 5.74) is 2.52. The van der Waals surface area contributed by atoms with E-state index in [-0.39, 0.29) is 12.1 Å². The fraction of sp³-hybridized carbons (Fsp3) is 0.868. The van der Waals surface area contributed by atoms with E-state index in [1.54, 1.807) is 5.57 Å². The van der Waals surface area contributed by atoms with Crippen molar-refractivity contribution in [3.63, 3.8) is 0 Å². The molecule has 4 aliphatic rings. The van der Waals surface area contributed by atoms with E-state index in [0.717, 1.165) is 67.6 Å². The van der Waals surface area contributed by atoms with Gasteiger partial charge in [-0.2, -0.15) is 0 Å². The molecule has 0 aromatic rings. The second-order valence-corrected chi connectivity index (χ2v) is 15.6. The van der Waals surface area contributed by atoms with Crippen molar-refractivity contribution in [1.82, 2.24) is 0 Å². The number of esters is 1. The highest BCUT2D eigenvalue weighted by molar-refractivity contribution is 5.69. The van der Waals surface area contributed by atoms with Gasteiger partial charge in [-0.25, -0.2) is 0 Å². The molecule has 228 valence electrons. The molecular weight excluding hydrogens is 488 g/mol. The molecule has 0 radical (unpaired) electrons. The van der Waals surface area contributed by atoms with Gasteiger partial charge in [-0.05, 0) is 111 Å². The van der Waals surface area contributed by atoms with Gasteiger partial charge in [0.2, 0.25) is 0 Å². The number of hydrogen-bond acceptors (Lipinski definition) is 2. The quantitative estimate of drug-likeness (QED) is 0.115. The van der Waals surface area contributed by atoms with Crippen LogP contribution < -0.4 is 0 Å². The normalized spacial score (nSPS) is 35.9. The molecule has 0 N–H and O–H groups in total. The first kappa shape index (κ1) is 31.9. The van der Waals surface area contributed by atoms with Gasteiger partial charge in [0.25, 0.3) is 0 Å². The highest BCUT2D eigenvalue weighted by Gasteiger charge is 2.59. The molecule has 0 aromatic heterocycles. The average Bonchev–Trinajstić information content (AvgIpc) is 3.27. The van der Waals surface area contributed by atoms with Crippen LogP contribution in [0.15, 0.2) is 24.3 Å². The molecule has 0 bridgehead atoms. The zero-order valence-corrected chi connectivity index (χ0v) is 27.2. The lowest BCUT2D eigenvalue weighted by Crippen LogP contribution is -2.51. The first-order valence-corrected chi connectivity index (χ1v) is 17.7. The minimum Gasteiger partial charge on any atom is -0.462 e. The maximum atomic E-state index is 12.6. The Morgan fingerprint density at radius 2 is 1.70 bits per heavy atom. The molecule has 0 aliphatic heterocycles. The summed E-state index contributed by atoms with van der Waals surface area (Å²) >= 11 is 0. The van der Waals surface area contributed by atoms with E-state index in [2.05, 4.69) is 47.3 Å². The largest absolute Gasteiger partial charge is 0.462 e. The van der Waals surface area contributed by atoms with Crippen molar-refractivity contribution < 1.29 is 9.53 Å². The van der Waals surface area contributed by atoms with Crippen LogP contribution in [0, 0.1) is 46.3 Å². The number of unbranched alkanes of at least 4 members (excludes halogenated alkanes) is 6. The highest BCUT2D eigenvalue weighted by atomic mass is 16.5. The van der Waals surface area contributed by atoms with Crippen molar-refractivity contribution in [3.8, 4) is 0 Å². The van der Waals surface area contributed by atoms with Crippen LogP contribution >= 0.6 is 0 Å². The molecule has 2 nitrogen and oxygen atoms in total. The summed E-state index contributed by atoms with van der Waals surface area (Å²) in [6, 6.07) is 0. The van der Waals surface area contributed by atoms with Crippen LogP contribution in [0.25, 0.3) is 0 Å². The molecule has 1 unspecified atom stereocenters. The number of carbonyl (C=O) groups is 1. The molecule has 4 rings (SSSR count). The van der Waals surface area contributed by atoms with Crippen molar-refractivity contribution in [2.45, 2.75) is 163 Å². The predicted octanol–water partition coefficient (Wildman–Crippen LogP) is 11.2. The van der Waals surface area contributed by atoms with Gasteiger partial charge in [-0.3, -0.25) is 4.79 Å². The van der Waals surface area contributed by atoms with Gasteiger partial charge in [-0.15, -0.1) is 6.58 Å². The van der Waals surface area contributed by atoms with Crippen LogP contribution in [0.5, 0.6) is 0 Å². The second-order valence-electron chi connectivity index (χ2n) is 15.6. The first-order valence-electron chi connectivity index (χ1n) is 17.7. The molecule has 8 atom stereocenters. The van der Waals surface area contributed by atoms with E-state index in [4.69, 9.17) is 4.74 Å².